The van der Waals surface area contributed by atoms with E-state index < -0.39 is 11.7 Å². The number of amides is 1. The lowest BCUT2D eigenvalue weighted by molar-refractivity contribution is -0.137. The molecule has 22 heavy (non-hydrogen) atoms. The van der Waals surface area contributed by atoms with Gasteiger partial charge in [-0.2, -0.15) is 13.2 Å². The summed E-state index contributed by atoms with van der Waals surface area (Å²) in [5.41, 5.74) is 0.0407. The number of nitrogens with zero attached hydrogens (tertiary/aromatic N) is 2. The Morgan fingerprint density at radius 2 is 2.09 bits per heavy atom. The fraction of sp³-hybridized carbons (Fsp3) is 0.562. The Morgan fingerprint density at radius 1 is 1.36 bits per heavy atom. The molecular weight excluding hydrogens is 293 g/mol. The van der Waals surface area contributed by atoms with E-state index in [9.17, 15) is 18.0 Å². The van der Waals surface area contributed by atoms with Crippen LogP contribution in [0.1, 0.15) is 24.0 Å². The van der Waals surface area contributed by atoms with Crippen LogP contribution in [0.5, 0.6) is 0 Å². The van der Waals surface area contributed by atoms with Gasteiger partial charge in [0.2, 0.25) is 5.91 Å². The molecule has 1 aliphatic rings. The van der Waals surface area contributed by atoms with Crippen molar-refractivity contribution in [1.82, 2.24) is 9.80 Å². The van der Waals surface area contributed by atoms with E-state index in [0.29, 0.717) is 31.0 Å². The molecule has 1 heterocycles. The Bertz CT molecular complexity index is 530. The third-order valence-electron chi connectivity index (χ3n) is 4.00. The number of carbonyl (C=O) groups is 1. The number of halogens is 3. The number of piperidine rings is 1. The van der Waals surface area contributed by atoms with E-state index in [1.807, 2.05) is 11.9 Å². The van der Waals surface area contributed by atoms with Gasteiger partial charge >= 0.3 is 6.18 Å². The normalized spacial score (nSPS) is 19.8. The van der Waals surface area contributed by atoms with Crippen molar-refractivity contribution in [2.24, 2.45) is 5.92 Å². The Labute approximate surface area is 128 Å². The molecule has 1 amide bonds. The second-order valence-electron chi connectivity index (χ2n) is 6.07. The molecule has 6 heteroatoms. The smallest absolute Gasteiger partial charge is 0.345 e. The van der Waals surface area contributed by atoms with Crippen LogP contribution in [0.3, 0.4) is 0 Å². The zero-order valence-corrected chi connectivity index (χ0v) is 12.9. The van der Waals surface area contributed by atoms with Gasteiger partial charge in [0.1, 0.15) is 0 Å². The monoisotopic (exact) mass is 314 g/mol. The van der Waals surface area contributed by atoms with Gasteiger partial charge < -0.3 is 9.80 Å². The maximum Gasteiger partial charge on any atom is 0.416 e. The van der Waals surface area contributed by atoms with Crippen molar-refractivity contribution in [3.63, 3.8) is 0 Å². The third-order valence-corrected chi connectivity index (χ3v) is 4.00. The van der Waals surface area contributed by atoms with Crippen LogP contribution in [0.2, 0.25) is 0 Å². The summed E-state index contributed by atoms with van der Waals surface area (Å²) < 4.78 is 38.1. The van der Waals surface area contributed by atoms with Crippen molar-refractivity contribution in [3.05, 3.63) is 35.4 Å². The Balaban J connectivity index is 1.92. The minimum atomic E-state index is -4.30. The molecule has 1 aromatic rings. The molecule has 122 valence electrons. The van der Waals surface area contributed by atoms with Gasteiger partial charge in [0.15, 0.2) is 0 Å². The highest BCUT2D eigenvalue weighted by Gasteiger charge is 2.30. The summed E-state index contributed by atoms with van der Waals surface area (Å²) in [7, 11) is 3.69. The van der Waals surface area contributed by atoms with Gasteiger partial charge in [-0.05, 0) is 31.0 Å². The number of hydrogen-bond acceptors (Lipinski definition) is 2. The molecule has 2 rings (SSSR count). The summed E-state index contributed by atoms with van der Waals surface area (Å²) >= 11 is 0. The minimum absolute atomic E-state index is 0.164. The molecule has 0 aromatic heterocycles. The quantitative estimate of drug-likeness (QED) is 0.853. The van der Waals surface area contributed by atoms with E-state index in [2.05, 4.69) is 0 Å². The van der Waals surface area contributed by atoms with Crippen LogP contribution in [-0.2, 0) is 17.5 Å². The summed E-state index contributed by atoms with van der Waals surface area (Å²) in [5.74, 6) is 0.537. The van der Waals surface area contributed by atoms with Gasteiger partial charge in [0.05, 0.1) is 5.56 Å². The number of rotatable bonds is 4. The molecule has 1 atom stereocenters. The third kappa shape index (κ3) is 4.47. The average Bonchev–Trinajstić information content (AvgIpc) is 2.42. The molecule has 0 aliphatic carbocycles. The van der Waals surface area contributed by atoms with Crippen molar-refractivity contribution in [1.29, 1.82) is 0 Å². The van der Waals surface area contributed by atoms with Crippen LogP contribution in [0.25, 0.3) is 0 Å². The number of carbonyl (C=O) groups excluding carboxylic acids is 1. The molecular formula is C16H21F3N2O. The molecule has 1 aliphatic heterocycles. The molecule has 0 spiro atoms. The molecule has 0 saturated carbocycles. The number of likely N-dealkylation sites (tertiary alicyclic amines) is 1. The number of benzene rings is 1. The second kappa shape index (κ2) is 6.69. The van der Waals surface area contributed by atoms with Gasteiger partial charge in [-0.3, -0.25) is 4.79 Å². The first-order chi connectivity index (χ1) is 10.3. The van der Waals surface area contributed by atoms with Crippen LogP contribution in [0, 0.1) is 5.92 Å². The second-order valence-corrected chi connectivity index (χ2v) is 6.07. The van der Waals surface area contributed by atoms with E-state index in [1.54, 1.807) is 18.0 Å². The topological polar surface area (TPSA) is 23.6 Å². The molecule has 1 unspecified atom stereocenters. The first kappa shape index (κ1) is 16.8. The van der Waals surface area contributed by atoms with E-state index in [0.717, 1.165) is 19.0 Å². The van der Waals surface area contributed by atoms with Crippen molar-refractivity contribution >= 4 is 5.91 Å². The van der Waals surface area contributed by atoms with E-state index in [1.165, 1.54) is 12.1 Å². The van der Waals surface area contributed by atoms with Crippen LogP contribution < -0.4 is 0 Å². The van der Waals surface area contributed by atoms with Crippen molar-refractivity contribution < 1.29 is 18.0 Å². The van der Waals surface area contributed by atoms with Crippen LogP contribution in [-0.4, -0.2) is 42.9 Å². The summed E-state index contributed by atoms with van der Waals surface area (Å²) in [6.45, 7) is 1.96. The summed E-state index contributed by atoms with van der Waals surface area (Å²) in [6.07, 6.45) is -2.91. The molecule has 1 fully saturated rings. The van der Waals surface area contributed by atoms with Gasteiger partial charge in [-0.25, -0.2) is 0 Å². The summed E-state index contributed by atoms with van der Waals surface area (Å²) in [4.78, 5) is 15.2. The van der Waals surface area contributed by atoms with Gasteiger partial charge in [-0.1, -0.05) is 18.2 Å². The van der Waals surface area contributed by atoms with E-state index >= 15 is 0 Å². The van der Waals surface area contributed by atoms with E-state index in [-0.39, 0.29) is 5.91 Å². The van der Waals surface area contributed by atoms with Gasteiger partial charge in [-0.15, -0.1) is 0 Å². The van der Waals surface area contributed by atoms with Crippen molar-refractivity contribution in [2.75, 3.05) is 27.2 Å². The maximum atomic E-state index is 12.7. The van der Waals surface area contributed by atoms with Crippen LogP contribution in [0.15, 0.2) is 24.3 Å². The lowest BCUT2D eigenvalue weighted by atomic mass is 9.97. The standard InChI is InChI=1S/C16H21F3N2O/c1-20(10-13-6-7-15(22)21(2)11-13)9-12-4-3-5-14(8-12)16(17,18)19/h3-5,8,13H,6-7,9-11H2,1-2H3. The SMILES string of the molecule is CN(Cc1cccc(C(F)(F)F)c1)CC1CCC(=O)N(C)C1. The summed E-state index contributed by atoms with van der Waals surface area (Å²) in [6, 6.07) is 5.44. The zero-order chi connectivity index (χ0) is 16.3. The van der Waals surface area contributed by atoms with Crippen LogP contribution >= 0.6 is 0 Å². The van der Waals surface area contributed by atoms with Crippen molar-refractivity contribution in [2.45, 2.75) is 25.6 Å². The highest BCUT2D eigenvalue weighted by molar-refractivity contribution is 5.76. The van der Waals surface area contributed by atoms with Crippen LogP contribution in [0.4, 0.5) is 13.2 Å². The minimum Gasteiger partial charge on any atom is -0.345 e. The average molecular weight is 314 g/mol. The van der Waals surface area contributed by atoms with Gasteiger partial charge in [0, 0.05) is 33.1 Å². The Kier molecular flexibility index (Phi) is 5.11. The molecule has 0 N–H and O–H groups in total. The molecule has 1 saturated heterocycles. The fourth-order valence-electron chi connectivity index (χ4n) is 2.91. The van der Waals surface area contributed by atoms with E-state index in [4.69, 9.17) is 0 Å². The number of hydrogen-bond donors (Lipinski definition) is 0. The molecule has 1 aromatic carbocycles. The number of alkyl halides is 3. The summed E-state index contributed by atoms with van der Waals surface area (Å²) in [5, 5.41) is 0. The highest BCUT2D eigenvalue weighted by Crippen LogP contribution is 2.29. The largest absolute Gasteiger partial charge is 0.416 e. The fourth-order valence-corrected chi connectivity index (χ4v) is 2.91. The molecule has 3 nitrogen and oxygen atoms in total. The van der Waals surface area contributed by atoms with Gasteiger partial charge in [0.25, 0.3) is 0 Å². The lowest BCUT2D eigenvalue weighted by Crippen LogP contribution is -2.41. The predicted molar refractivity (Wildman–Crippen MR) is 78.1 cm³/mol. The first-order valence-electron chi connectivity index (χ1n) is 7.34. The Morgan fingerprint density at radius 3 is 2.73 bits per heavy atom. The molecule has 0 radical (unpaired) electrons. The maximum absolute atomic E-state index is 12.7. The Hall–Kier alpha value is -1.56. The zero-order valence-electron chi connectivity index (χ0n) is 12.9. The lowest BCUT2D eigenvalue weighted by Gasteiger charge is -2.32. The van der Waals surface area contributed by atoms with Crippen molar-refractivity contribution in [3.8, 4) is 0 Å². The molecule has 0 bridgehead atoms. The first-order valence-corrected chi connectivity index (χ1v) is 7.34. The predicted octanol–water partition coefficient (Wildman–Crippen LogP) is 3.01. The highest BCUT2D eigenvalue weighted by atomic mass is 19.4.